The molecule has 0 radical (unpaired) electrons. The van der Waals surface area contributed by atoms with Crippen LogP contribution in [0.2, 0.25) is 5.02 Å². The molecule has 2 heterocycles. The van der Waals surface area contributed by atoms with Gasteiger partial charge in [0.05, 0.1) is 6.61 Å². The van der Waals surface area contributed by atoms with Crippen molar-refractivity contribution in [3.63, 3.8) is 0 Å². The third-order valence-electron chi connectivity index (χ3n) is 18.5. The lowest BCUT2D eigenvalue weighted by Crippen LogP contribution is -2.62. The third kappa shape index (κ3) is 28.8. The van der Waals surface area contributed by atoms with Crippen LogP contribution in [-0.4, -0.2) is 196 Å². The van der Waals surface area contributed by atoms with Crippen molar-refractivity contribution >= 4 is 117 Å². The van der Waals surface area contributed by atoms with Gasteiger partial charge in [-0.15, -0.1) is 0 Å². The molecule has 0 bridgehead atoms. The lowest BCUT2D eigenvalue weighted by molar-refractivity contribution is -0.144. The van der Waals surface area contributed by atoms with Crippen LogP contribution in [0.3, 0.4) is 0 Å². The fraction of sp³-hybridized carbons (Fsp3) is 0.420. The molecule has 10 atom stereocenters. The van der Waals surface area contributed by atoms with Gasteiger partial charge < -0.3 is 84.2 Å². The van der Waals surface area contributed by atoms with E-state index in [0.717, 1.165) is 10.8 Å². The summed E-state index contributed by atoms with van der Waals surface area (Å²) < 4.78 is 0. The van der Waals surface area contributed by atoms with Gasteiger partial charge in [-0.25, -0.2) is 0 Å². The molecule has 0 aliphatic carbocycles. The van der Waals surface area contributed by atoms with Crippen LogP contribution in [-0.2, 0) is 99.2 Å². The summed E-state index contributed by atoms with van der Waals surface area (Å²) in [6.07, 6.45) is 3.25. The van der Waals surface area contributed by atoms with Gasteiger partial charge in [0, 0.05) is 107 Å². The number of carboxylic acid groups (broad SMARTS) is 1. The standard InChI is InChI=1S/C81H102ClN15O16/c1-46(2)71(102)85-44-68(77(108)90-62(18-11-12-35-84-47(3)4)80(111)97-36-14-19-70(97)79(110)86-48(5)81(112)113)95-75(106)66(40-54-25-32-61(33-26-54)88-50(7)100)92-74(105)65(39-53-23-30-60(31-24-53)87-49(6)99)94-78(109)69(45-98)96-76(107)67(42-56-15-13-34-83-43-56)93-73(104)64(38-52-21-28-59(82)29-22-52)91-72(103)63(89-51(8)101)41-55-20-27-57-16-9-10-17-58(57)37-55/h9-10,13,15-17,20-34,37,43,46-48,62-70,84,98H,11-12,14,18-19,35-36,38-42,44-45H2,1-8H3,(H,85,102)(H,86,110)(H,87,99)(H,88,100)(H,89,101)(H,90,108)(H,91,103)(H,92,105)(H,93,104)(H,94,109)(H,95,106)(H,96,107)(H,112,113)/t48-,62+,63-,64-,65+,66-,67-,68-,69+,70+/m1/s1. The van der Waals surface area contributed by atoms with Crippen molar-refractivity contribution in [3.05, 3.63) is 173 Å². The van der Waals surface area contributed by atoms with Gasteiger partial charge in [-0.3, -0.25) is 72.1 Å². The fourth-order valence-corrected chi connectivity index (χ4v) is 12.7. The predicted octanol–water partition coefficient (Wildman–Crippen LogP) is 2.73. The SMILES string of the molecule is CC(=O)Nc1ccc(C[C@H](NC(=O)[C@H](CO)NC(=O)[C@@H](Cc2cccnc2)NC(=O)[C@@H](Cc2ccc(Cl)cc2)NC(=O)[C@@H](Cc2ccc3ccccc3c2)NC(C)=O)C(=O)N[C@H](Cc2ccc(NC(C)=O)cc2)C(=O)N[C@H](CNC(=O)C(C)C)C(=O)N[C@@H](CCCCNC(C)C)C(=O)N2CCC[C@H]2C(=O)N[C@H](C)C(=O)O)cc1. The topological polar surface area (TPSA) is 452 Å². The van der Waals surface area contributed by atoms with Crippen LogP contribution in [0.5, 0.6) is 0 Å². The smallest absolute Gasteiger partial charge is 0.325 e. The summed E-state index contributed by atoms with van der Waals surface area (Å²) in [6, 6.07) is 20.3. The number of pyridine rings is 1. The van der Waals surface area contributed by atoms with E-state index in [9.17, 15) is 67.7 Å². The molecule has 32 heteroatoms. The Morgan fingerprint density at radius 1 is 0.478 bits per heavy atom. The van der Waals surface area contributed by atoms with Gasteiger partial charge in [0.15, 0.2) is 0 Å². The number of hydrogen-bond donors (Lipinski definition) is 15. The molecule has 1 saturated heterocycles. The number of carboxylic acids is 1. The summed E-state index contributed by atoms with van der Waals surface area (Å²) in [6.45, 7) is 11.2. The molecule has 0 unspecified atom stereocenters. The number of aliphatic hydroxyl groups excluding tert-OH is 1. The molecular weight excluding hydrogens is 1470 g/mol. The van der Waals surface area contributed by atoms with Crippen LogP contribution in [0.25, 0.3) is 10.8 Å². The van der Waals surface area contributed by atoms with Gasteiger partial charge in [-0.05, 0) is 127 Å². The molecule has 113 heavy (non-hydrogen) atoms. The molecule has 6 aromatic rings. The molecule has 0 saturated carbocycles. The summed E-state index contributed by atoms with van der Waals surface area (Å²) in [4.78, 5) is 201. The van der Waals surface area contributed by atoms with Crippen LogP contribution in [0.4, 0.5) is 11.4 Å². The second-order valence-electron chi connectivity index (χ2n) is 28.6. The lowest BCUT2D eigenvalue weighted by atomic mass is 9.99. The maximum absolute atomic E-state index is 15.4. The normalized spacial score (nSPS) is 14.9. The molecule has 1 aromatic heterocycles. The van der Waals surface area contributed by atoms with E-state index in [-0.39, 0.29) is 57.5 Å². The lowest BCUT2D eigenvalue weighted by Gasteiger charge is -2.31. The number of nitrogens with one attached hydrogen (secondary N) is 13. The minimum absolute atomic E-state index is 0.0138. The zero-order valence-corrected chi connectivity index (χ0v) is 65.2. The Labute approximate surface area is 660 Å². The van der Waals surface area contributed by atoms with E-state index in [1.54, 1.807) is 62.4 Å². The van der Waals surface area contributed by atoms with Gasteiger partial charge >= 0.3 is 5.97 Å². The number of aromatic nitrogens is 1. The Balaban J connectivity index is 1.20. The summed E-state index contributed by atoms with van der Waals surface area (Å²) in [5.41, 5.74) is 3.11. The molecule has 0 spiro atoms. The number of carbonyl (C=O) groups excluding carboxylic acids is 13. The number of aliphatic hydroxyl groups is 1. The minimum Gasteiger partial charge on any atom is -0.480 e. The first-order valence-corrected chi connectivity index (χ1v) is 37.9. The molecule has 1 aliphatic heterocycles. The number of carbonyl (C=O) groups is 14. The van der Waals surface area contributed by atoms with E-state index < -0.39 is 162 Å². The van der Waals surface area contributed by atoms with Gasteiger partial charge in [0.25, 0.3) is 0 Å². The third-order valence-corrected chi connectivity index (χ3v) is 18.8. The number of anilines is 2. The maximum Gasteiger partial charge on any atom is 0.325 e. The number of fused-ring (bicyclic) bond motifs is 1. The van der Waals surface area contributed by atoms with Gasteiger partial charge in [0.1, 0.15) is 60.4 Å². The number of unbranched alkanes of at least 4 members (excludes halogenated alkanes) is 1. The molecule has 15 N–H and O–H groups in total. The highest BCUT2D eigenvalue weighted by atomic mass is 35.5. The number of likely N-dealkylation sites (tertiary alicyclic amines) is 1. The molecule has 5 aromatic carbocycles. The summed E-state index contributed by atoms with van der Waals surface area (Å²) in [5, 5.41) is 58.0. The molecule has 7 rings (SSSR count). The van der Waals surface area contributed by atoms with Gasteiger partial charge in [0.2, 0.25) is 76.8 Å². The molecule has 604 valence electrons. The Bertz CT molecular complexity index is 4320. The number of hydrogen-bond acceptors (Lipinski definition) is 17. The van der Waals surface area contributed by atoms with Crippen LogP contribution in [0.15, 0.2) is 140 Å². The average Bonchev–Trinajstić information content (AvgIpc) is 1.72. The Kier molecular flexibility index (Phi) is 34.3. The van der Waals surface area contributed by atoms with Crippen molar-refractivity contribution in [2.24, 2.45) is 5.92 Å². The van der Waals surface area contributed by atoms with Crippen molar-refractivity contribution in [1.29, 1.82) is 0 Å². The summed E-state index contributed by atoms with van der Waals surface area (Å²) >= 11 is 6.26. The first-order valence-electron chi connectivity index (χ1n) is 37.5. The highest BCUT2D eigenvalue weighted by molar-refractivity contribution is 6.30. The fourth-order valence-electron chi connectivity index (χ4n) is 12.5. The zero-order chi connectivity index (χ0) is 82.4. The van der Waals surface area contributed by atoms with E-state index in [1.807, 2.05) is 56.3 Å². The second-order valence-corrected chi connectivity index (χ2v) is 29.0. The molecule has 1 fully saturated rings. The van der Waals surface area contributed by atoms with Crippen molar-refractivity contribution in [3.8, 4) is 0 Å². The average molecular weight is 1580 g/mol. The van der Waals surface area contributed by atoms with E-state index in [2.05, 4.69) is 74.1 Å². The number of halogens is 1. The van der Waals surface area contributed by atoms with Crippen molar-refractivity contribution in [2.75, 3.05) is 36.9 Å². The molecule has 1 aliphatic rings. The van der Waals surface area contributed by atoms with Crippen molar-refractivity contribution in [2.45, 2.75) is 186 Å². The number of rotatable bonds is 41. The predicted molar refractivity (Wildman–Crippen MR) is 423 cm³/mol. The Hall–Kier alpha value is -11.7. The zero-order valence-electron chi connectivity index (χ0n) is 64.5. The minimum atomic E-state index is -1.89. The Morgan fingerprint density at radius 2 is 0.929 bits per heavy atom. The summed E-state index contributed by atoms with van der Waals surface area (Å²) in [5.74, 6) is -12.1. The van der Waals surface area contributed by atoms with Crippen molar-refractivity contribution < 1.29 is 77.3 Å². The highest BCUT2D eigenvalue weighted by Crippen LogP contribution is 2.23. The number of amides is 13. The molecular formula is C81H102ClN15O16. The van der Waals surface area contributed by atoms with Crippen molar-refractivity contribution in [1.82, 2.24) is 68.4 Å². The first-order chi connectivity index (χ1) is 53.8. The van der Waals surface area contributed by atoms with E-state index in [4.69, 9.17) is 11.6 Å². The highest BCUT2D eigenvalue weighted by Gasteiger charge is 2.41. The number of benzene rings is 5. The van der Waals surface area contributed by atoms with E-state index >= 15 is 9.59 Å². The van der Waals surface area contributed by atoms with Crippen LogP contribution < -0.4 is 69.1 Å². The Morgan fingerprint density at radius 3 is 1.41 bits per heavy atom. The van der Waals surface area contributed by atoms with Gasteiger partial charge in [-0.1, -0.05) is 124 Å². The summed E-state index contributed by atoms with van der Waals surface area (Å²) in [7, 11) is 0. The molecule has 31 nitrogen and oxygen atoms in total. The van der Waals surface area contributed by atoms with E-state index in [0.29, 0.717) is 70.0 Å². The largest absolute Gasteiger partial charge is 0.480 e. The number of nitrogens with zero attached hydrogens (tertiary/aromatic N) is 2. The first kappa shape index (κ1) is 88.5. The van der Waals surface area contributed by atoms with Crippen LogP contribution in [0.1, 0.15) is 115 Å². The monoisotopic (exact) mass is 1580 g/mol. The maximum atomic E-state index is 15.4. The second kappa shape index (κ2) is 43.8. The number of aliphatic carboxylic acids is 1. The van der Waals surface area contributed by atoms with Crippen LogP contribution >= 0.6 is 11.6 Å². The van der Waals surface area contributed by atoms with E-state index in [1.165, 1.54) is 81.4 Å². The van der Waals surface area contributed by atoms with Gasteiger partial charge in [-0.2, -0.15) is 0 Å². The quantitative estimate of drug-likeness (QED) is 0.0245. The van der Waals surface area contributed by atoms with Crippen LogP contribution in [0, 0.1) is 5.92 Å². The molecule has 13 amide bonds.